The molecule has 0 aliphatic heterocycles. The van der Waals surface area contributed by atoms with E-state index in [1.54, 1.807) is 6.92 Å². The molecule has 1 saturated carbocycles. The van der Waals surface area contributed by atoms with Crippen LogP contribution in [0.15, 0.2) is 18.2 Å². The first-order valence-electron chi connectivity index (χ1n) is 7.60. The van der Waals surface area contributed by atoms with Gasteiger partial charge in [-0.3, -0.25) is 9.52 Å². The van der Waals surface area contributed by atoms with Gasteiger partial charge in [0.1, 0.15) is 0 Å². The fraction of sp³-hybridized carbons (Fsp3) is 0.562. The molecular formula is C16H20ClNO3S. The minimum absolute atomic E-state index is 0.413. The van der Waals surface area contributed by atoms with Crippen LogP contribution in [0.25, 0.3) is 0 Å². The van der Waals surface area contributed by atoms with Crippen LogP contribution in [-0.4, -0.2) is 19.1 Å². The van der Waals surface area contributed by atoms with Crippen molar-refractivity contribution >= 4 is 27.5 Å². The summed E-state index contributed by atoms with van der Waals surface area (Å²) in [6.07, 6.45) is 3.07. The maximum Gasteiger partial charge on any atom is 0.244 e. The molecule has 4 nitrogen and oxygen atoms in total. The lowest BCUT2D eigenvalue weighted by atomic mass is 9.79. The summed E-state index contributed by atoms with van der Waals surface area (Å²) in [4.78, 5) is 12.8. The summed E-state index contributed by atoms with van der Waals surface area (Å²) >= 11 is 6.22. The summed E-state index contributed by atoms with van der Waals surface area (Å²) in [6.45, 7) is 3.60. The van der Waals surface area contributed by atoms with Gasteiger partial charge >= 0.3 is 0 Å². The van der Waals surface area contributed by atoms with E-state index in [-0.39, 0.29) is 0 Å². The molecule has 1 aromatic rings. The molecule has 0 radical (unpaired) electrons. The minimum Gasteiger partial charge on any atom is -0.273 e. The number of sulfonamides is 1. The lowest BCUT2D eigenvalue weighted by Gasteiger charge is -2.28. The average Bonchev–Trinajstić information content (AvgIpc) is 3.10. The number of hydrogen-bond donors (Lipinski definition) is 1. The number of benzene rings is 1. The van der Waals surface area contributed by atoms with Gasteiger partial charge in [-0.05, 0) is 56.2 Å². The Kier molecular flexibility index (Phi) is 3.57. The highest BCUT2D eigenvalue weighted by Gasteiger charge is 2.53. The van der Waals surface area contributed by atoms with E-state index in [9.17, 15) is 13.2 Å². The average molecular weight is 342 g/mol. The fourth-order valence-corrected chi connectivity index (χ4v) is 4.88. The first-order chi connectivity index (χ1) is 10.3. The van der Waals surface area contributed by atoms with Crippen LogP contribution < -0.4 is 4.72 Å². The van der Waals surface area contributed by atoms with Gasteiger partial charge in [0.2, 0.25) is 15.9 Å². The maximum absolute atomic E-state index is 12.8. The Morgan fingerprint density at radius 1 is 1.32 bits per heavy atom. The molecule has 0 spiro atoms. The van der Waals surface area contributed by atoms with E-state index in [2.05, 4.69) is 4.72 Å². The van der Waals surface area contributed by atoms with Crippen LogP contribution >= 0.6 is 11.6 Å². The standard InChI is InChI=1S/C16H20ClNO3S/c1-3-16(8-7-11-12(16)5-4-6-13(11)17)14(19)18-22(20,21)15(2)9-10-15/h4-6H,3,7-10H2,1-2H3,(H,18,19). The molecule has 6 heteroatoms. The van der Waals surface area contributed by atoms with E-state index in [1.807, 2.05) is 25.1 Å². The number of carbonyl (C=O) groups excluding carboxylic acids is 1. The number of fused-ring (bicyclic) bond motifs is 1. The van der Waals surface area contributed by atoms with Gasteiger partial charge < -0.3 is 0 Å². The molecule has 0 aromatic heterocycles. The van der Waals surface area contributed by atoms with Crippen LogP contribution in [0.4, 0.5) is 0 Å². The van der Waals surface area contributed by atoms with Crippen LogP contribution in [0.2, 0.25) is 5.02 Å². The van der Waals surface area contributed by atoms with E-state index in [0.29, 0.717) is 37.1 Å². The molecule has 2 aliphatic carbocycles. The second kappa shape index (κ2) is 4.96. The van der Waals surface area contributed by atoms with Gasteiger partial charge in [0.05, 0.1) is 10.2 Å². The quantitative estimate of drug-likeness (QED) is 0.915. The van der Waals surface area contributed by atoms with Gasteiger partial charge in [-0.2, -0.15) is 0 Å². The summed E-state index contributed by atoms with van der Waals surface area (Å²) in [5.41, 5.74) is 1.05. The zero-order valence-corrected chi connectivity index (χ0v) is 14.4. The van der Waals surface area contributed by atoms with Crippen LogP contribution in [0.3, 0.4) is 0 Å². The Morgan fingerprint density at radius 2 is 2.00 bits per heavy atom. The van der Waals surface area contributed by atoms with E-state index in [0.717, 1.165) is 11.1 Å². The van der Waals surface area contributed by atoms with Crippen molar-refractivity contribution in [2.24, 2.45) is 0 Å². The summed E-state index contributed by atoms with van der Waals surface area (Å²) in [7, 11) is -3.62. The molecule has 3 rings (SSSR count). The molecule has 0 heterocycles. The maximum atomic E-state index is 12.8. The van der Waals surface area contributed by atoms with Crippen molar-refractivity contribution in [3.05, 3.63) is 34.3 Å². The van der Waals surface area contributed by atoms with Crippen LogP contribution in [0, 0.1) is 0 Å². The summed E-state index contributed by atoms with van der Waals surface area (Å²) in [6, 6.07) is 5.52. The van der Waals surface area contributed by atoms with Crippen molar-refractivity contribution < 1.29 is 13.2 Å². The van der Waals surface area contributed by atoms with Crippen LogP contribution in [0.1, 0.15) is 50.7 Å². The van der Waals surface area contributed by atoms with Gasteiger partial charge in [0.25, 0.3) is 0 Å². The second-order valence-corrected chi connectivity index (χ2v) is 9.19. The number of rotatable bonds is 4. The van der Waals surface area contributed by atoms with Gasteiger partial charge in [-0.25, -0.2) is 8.42 Å². The summed E-state index contributed by atoms with van der Waals surface area (Å²) in [5, 5.41) is 0.651. The van der Waals surface area contributed by atoms with Crippen molar-refractivity contribution in [2.75, 3.05) is 0 Å². The fourth-order valence-electron chi connectivity index (χ4n) is 3.29. The molecular weight excluding hydrogens is 322 g/mol. The third-order valence-electron chi connectivity index (χ3n) is 5.30. The van der Waals surface area contributed by atoms with Crippen molar-refractivity contribution in [1.82, 2.24) is 4.72 Å². The second-order valence-electron chi connectivity index (χ2n) is 6.59. The van der Waals surface area contributed by atoms with Crippen LogP contribution in [-0.2, 0) is 26.7 Å². The van der Waals surface area contributed by atoms with E-state index in [1.165, 1.54) is 0 Å². The van der Waals surface area contributed by atoms with E-state index < -0.39 is 26.1 Å². The molecule has 1 aromatic carbocycles. The number of carbonyl (C=O) groups is 1. The minimum atomic E-state index is -3.62. The van der Waals surface area contributed by atoms with Crippen molar-refractivity contribution in [3.63, 3.8) is 0 Å². The predicted molar refractivity (Wildman–Crippen MR) is 86.4 cm³/mol. The Morgan fingerprint density at radius 3 is 2.59 bits per heavy atom. The molecule has 1 atom stereocenters. The molecule has 1 unspecified atom stereocenters. The van der Waals surface area contributed by atoms with Gasteiger partial charge in [0, 0.05) is 5.02 Å². The first-order valence-corrected chi connectivity index (χ1v) is 9.46. The molecule has 1 fully saturated rings. The first kappa shape index (κ1) is 15.8. The third kappa shape index (κ3) is 2.17. The largest absolute Gasteiger partial charge is 0.273 e. The third-order valence-corrected chi connectivity index (χ3v) is 7.82. The Labute approximate surface area is 136 Å². The molecule has 1 amide bonds. The highest BCUT2D eigenvalue weighted by Crippen LogP contribution is 2.46. The molecule has 0 saturated heterocycles. The van der Waals surface area contributed by atoms with Gasteiger partial charge in [-0.1, -0.05) is 30.7 Å². The van der Waals surface area contributed by atoms with E-state index in [4.69, 9.17) is 11.6 Å². The van der Waals surface area contributed by atoms with Gasteiger partial charge in [-0.15, -0.1) is 0 Å². The lowest BCUT2D eigenvalue weighted by molar-refractivity contribution is -0.125. The molecule has 1 N–H and O–H groups in total. The van der Waals surface area contributed by atoms with Crippen LogP contribution in [0.5, 0.6) is 0 Å². The monoisotopic (exact) mass is 341 g/mol. The topological polar surface area (TPSA) is 63.2 Å². The number of hydrogen-bond acceptors (Lipinski definition) is 3. The number of nitrogens with one attached hydrogen (secondary N) is 1. The predicted octanol–water partition coefficient (Wildman–Crippen LogP) is 2.93. The molecule has 22 heavy (non-hydrogen) atoms. The lowest BCUT2D eigenvalue weighted by Crippen LogP contribution is -2.48. The van der Waals surface area contributed by atoms with Crippen molar-refractivity contribution in [1.29, 1.82) is 0 Å². The SMILES string of the molecule is CCC1(C(=O)NS(=O)(=O)C2(C)CC2)CCc2c(Cl)cccc21. The zero-order valence-electron chi connectivity index (χ0n) is 12.8. The van der Waals surface area contributed by atoms with Gasteiger partial charge in [0.15, 0.2) is 0 Å². The highest BCUT2D eigenvalue weighted by molar-refractivity contribution is 7.91. The Bertz CT molecular complexity index is 740. The van der Waals surface area contributed by atoms with Crippen molar-refractivity contribution in [2.45, 2.75) is 56.1 Å². The number of halogens is 1. The smallest absolute Gasteiger partial charge is 0.244 e. The molecule has 0 bridgehead atoms. The van der Waals surface area contributed by atoms with E-state index >= 15 is 0 Å². The zero-order chi connectivity index (χ0) is 16.2. The molecule has 120 valence electrons. The summed E-state index contributed by atoms with van der Waals surface area (Å²) < 4.78 is 26.3. The summed E-state index contributed by atoms with van der Waals surface area (Å²) in [5.74, 6) is -0.413. The molecule has 2 aliphatic rings. The Balaban J connectivity index is 1.96. The van der Waals surface area contributed by atoms with Crippen molar-refractivity contribution in [3.8, 4) is 0 Å². The Hall–Kier alpha value is -1.07. The normalized spacial score (nSPS) is 25.6. The highest BCUT2D eigenvalue weighted by atomic mass is 35.5. The number of amides is 1.